The molecule has 0 saturated heterocycles. The maximum atomic E-state index is 10.4. The molecule has 2 rings (SSSR count). The number of hydrogen-bond acceptors (Lipinski definition) is 2. The van der Waals surface area contributed by atoms with E-state index in [9.17, 15) is 4.79 Å². The minimum Gasteiger partial charge on any atom is -0.298 e. The average Bonchev–Trinajstić information content (AvgIpc) is 2.02. The maximum Gasteiger partial charge on any atom is 0.151 e. The van der Waals surface area contributed by atoms with E-state index in [-0.39, 0.29) is 0 Å². The van der Waals surface area contributed by atoms with E-state index >= 15 is 0 Å². The van der Waals surface area contributed by atoms with Gasteiger partial charge in [0.15, 0.2) is 6.29 Å². The molecule has 0 aromatic carbocycles. The van der Waals surface area contributed by atoms with Crippen molar-refractivity contribution in [1.29, 1.82) is 0 Å². The summed E-state index contributed by atoms with van der Waals surface area (Å²) >= 11 is 0. The fraction of sp³-hybridized carbons (Fsp3) is 0.400. The van der Waals surface area contributed by atoms with Crippen molar-refractivity contribution >= 4 is 6.29 Å². The van der Waals surface area contributed by atoms with Gasteiger partial charge in [-0.15, -0.1) is 0 Å². The molecule has 0 radical (unpaired) electrons. The molecule has 1 aromatic heterocycles. The van der Waals surface area contributed by atoms with Gasteiger partial charge in [0.25, 0.3) is 0 Å². The number of nitrogens with zero attached hydrogens (tertiary/aromatic N) is 1. The number of carbonyl (C=O) groups is 1. The van der Waals surface area contributed by atoms with Crippen LogP contribution in [0.1, 0.15) is 41.1 Å². The minimum absolute atomic E-state index is 0.664. The van der Waals surface area contributed by atoms with Gasteiger partial charge < -0.3 is 0 Å². The van der Waals surface area contributed by atoms with Crippen LogP contribution in [0.4, 0.5) is 0 Å². The Bertz CT molecular complexity index is 292. The van der Waals surface area contributed by atoms with Gasteiger partial charge in [-0.3, -0.25) is 9.78 Å². The van der Waals surface area contributed by atoms with E-state index in [1.54, 1.807) is 6.20 Å². The van der Waals surface area contributed by atoms with E-state index in [1.807, 2.05) is 12.3 Å². The van der Waals surface area contributed by atoms with Crippen LogP contribution in [0, 0.1) is 0 Å². The van der Waals surface area contributed by atoms with Crippen LogP contribution in [0.2, 0.25) is 0 Å². The lowest BCUT2D eigenvalue weighted by atomic mass is 9.80. The summed E-state index contributed by atoms with van der Waals surface area (Å²) in [6, 6.07) is 1.95. The average molecular weight is 161 g/mol. The largest absolute Gasteiger partial charge is 0.298 e. The normalized spacial score (nSPS) is 17.0. The highest BCUT2D eigenvalue weighted by atomic mass is 16.1. The fourth-order valence-corrected chi connectivity index (χ4v) is 1.51. The maximum absolute atomic E-state index is 10.4. The Morgan fingerprint density at radius 1 is 1.42 bits per heavy atom. The number of rotatable bonds is 2. The van der Waals surface area contributed by atoms with Crippen LogP contribution in [0.3, 0.4) is 0 Å². The van der Waals surface area contributed by atoms with Crippen molar-refractivity contribution in [2.24, 2.45) is 0 Å². The van der Waals surface area contributed by atoms with Crippen molar-refractivity contribution in [3.8, 4) is 0 Å². The van der Waals surface area contributed by atoms with Crippen molar-refractivity contribution in [3.63, 3.8) is 0 Å². The van der Waals surface area contributed by atoms with Gasteiger partial charge in [0.1, 0.15) is 0 Å². The molecule has 1 aliphatic rings. The van der Waals surface area contributed by atoms with Gasteiger partial charge in [-0.05, 0) is 30.4 Å². The first-order valence-electron chi connectivity index (χ1n) is 4.30. The molecule has 0 aliphatic heterocycles. The first kappa shape index (κ1) is 7.47. The molecule has 0 spiro atoms. The molecule has 0 amide bonds. The summed E-state index contributed by atoms with van der Waals surface area (Å²) in [6.45, 7) is 0. The third-order valence-corrected chi connectivity index (χ3v) is 2.49. The first-order valence-corrected chi connectivity index (χ1v) is 4.30. The molecule has 1 saturated carbocycles. The number of aromatic nitrogens is 1. The molecule has 1 fully saturated rings. The Morgan fingerprint density at radius 2 is 2.25 bits per heavy atom. The topological polar surface area (TPSA) is 30.0 Å². The van der Waals surface area contributed by atoms with Gasteiger partial charge in [0.2, 0.25) is 0 Å². The van der Waals surface area contributed by atoms with E-state index in [1.165, 1.54) is 24.8 Å². The second kappa shape index (κ2) is 3.05. The number of carbonyl (C=O) groups excluding carboxylic acids is 1. The Morgan fingerprint density at radius 3 is 2.83 bits per heavy atom. The first-order chi connectivity index (χ1) is 5.90. The van der Waals surface area contributed by atoms with Crippen LogP contribution >= 0.6 is 0 Å². The SMILES string of the molecule is O=Cc1cncc(C2CCC2)c1. The number of aldehydes is 1. The van der Waals surface area contributed by atoms with Gasteiger partial charge in [0.05, 0.1) is 0 Å². The van der Waals surface area contributed by atoms with E-state index in [0.717, 1.165) is 6.29 Å². The highest BCUT2D eigenvalue weighted by Crippen LogP contribution is 2.35. The third kappa shape index (κ3) is 1.24. The molecule has 0 atom stereocenters. The summed E-state index contributed by atoms with van der Waals surface area (Å²) in [7, 11) is 0. The summed E-state index contributed by atoms with van der Waals surface area (Å²) in [4.78, 5) is 14.5. The minimum atomic E-state index is 0.664. The highest BCUT2D eigenvalue weighted by Gasteiger charge is 2.19. The molecule has 1 aromatic rings. The second-order valence-corrected chi connectivity index (χ2v) is 3.30. The second-order valence-electron chi connectivity index (χ2n) is 3.30. The van der Waals surface area contributed by atoms with Crippen LogP contribution in [-0.2, 0) is 0 Å². The summed E-state index contributed by atoms with van der Waals surface area (Å²) < 4.78 is 0. The standard InChI is InChI=1S/C10H11NO/c12-7-8-4-10(6-11-5-8)9-2-1-3-9/h4-7,9H,1-3H2. The zero-order chi connectivity index (χ0) is 8.39. The highest BCUT2D eigenvalue weighted by molar-refractivity contribution is 5.74. The Balaban J connectivity index is 2.25. The molecular formula is C10H11NO. The molecule has 0 unspecified atom stereocenters. The summed E-state index contributed by atoms with van der Waals surface area (Å²) in [5, 5.41) is 0. The predicted molar refractivity (Wildman–Crippen MR) is 46.2 cm³/mol. The van der Waals surface area contributed by atoms with Crippen LogP contribution < -0.4 is 0 Å². The zero-order valence-electron chi connectivity index (χ0n) is 6.86. The fourth-order valence-electron chi connectivity index (χ4n) is 1.51. The van der Waals surface area contributed by atoms with E-state index < -0.39 is 0 Å². The quantitative estimate of drug-likeness (QED) is 0.622. The molecule has 1 heterocycles. The van der Waals surface area contributed by atoms with E-state index in [0.29, 0.717) is 11.5 Å². The van der Waals surface area contributed by atoms with Crippen molar-refractivity contribution in [3.05, 3.63) is 29.6 Å². The lowest BCUT2D eigenvalue weighted by Gasteiger charge is -2.25. The van der Waals surface area contributed by atoms with Crippen molar-refractivity contribution in [2.75, 3.05) is 0 Å². The van der Waals surface area contributed by atoms with Gasteiger partial charge in [0, 0.05) is 18.0 Å². The van der Waals surface area contributed by atoms with Gasteiger partial charge in [-0.25, -0.2) is 0 Å². The summed E-state index contributed by atoms with van der Waals surface area (Å²) in [5.41, 5.74) is 1.92. The van der Waals surface area contributed by atoms with Crippen molar-refractivity contribution in [2.45, 2.75) is 25.2 Å². The summed E-state index contributed by atoms with van der Waals surface area (Å²) in [5.74, 6) is 0.664. The Hall–Kier alpha value is -1.18. The Labute approximate surface area is 71.6 Å². The van der Waals surface area contributed by atoms with Crippen LogP contribution in [0.25, 0.3) is 0 Å². The lowest BCUT2D eigenvalue weighted by Crippen LogP contribution is -2.09. The summed E-state index contributed by atoms with van der Waals surface area (Å²) in [6.07, 6.45) is 8.16. The van der Waals surface area contributed by atoms with Crippen LogP contribution in [0.15, 0.2) is 18.5 Å². The number of hydrogen-bond donors (Lipinski definition) is 0. The lowest BCUT2D eigenvalue weighted by molar-refractivity contribution is 0.112. The molecule has 2 heteroatoms. The zero-order valence-corrected chi connectivity index (χ0v) is 6.86. The Kier molecular flexibility index (Phi) is 1.90. The number of pyridine rings is 1. The molecule has 2 nitrogen and oxygen atoms in total. The molecule has 62 valence electrons. The van der Waals surface area contributed by atoms with Gasteiger partial charge in [-0.2, -0.15) is 0 Å². The van der Waals surface area contributed by atoms with Gasteiger partial charge in [-0.1, -0.05) is 6.42 Å². The van der Waals surface area contributed by atoms with Gasteiger partial charge >= 0.3 is 0 Å². The predicted octanol–water partition coefficient (Wildman–Crippen LogP) is 2.16. The smallest absolute Gasteiger partial charge is 0.151 e. The van der Waals surface area contributed by atoms with Crippen molar-refractivity contribution in [1.82, 2.24) is 4.98 Å². The van der Waals surface area contributed by atoms with Crippen LogP contribution in [-0.4, -0.2) is 11.3 Å². The third-order valence-electron chi connectivity index (χ3n) is 2.49. The molecule has 12 heavy (non-hydrogen) atoms. The molecule has 1 aliphatic carbocycles. The van der Waals surface area contributed by atoms with Crippen molar-refractivity contribution < 1.29 is 4.79 Å². The monoisotopic (exact) mass is 161 g/mol. The molecule has 0 N–H and O–H groups in total. The molecular weight excluding hydrogens is 150 g/mol. The van der Waals surface area contributed by atoms with E-state index in [2.05, 4.69) is 4.98 Å². The van der Waals surface area contributed by atoms with Crippen LogP contribution in [0.5, 0.6) is 0 Å². The van der Waals surface area contributed by atoms with E-state index in [4.69, 9.17) is 0 Å². The molecule has 0 bridgehead atoms.